The molecule has 0 radical (unpaired) electrons. The second-order valence-electron chi connectivity index (χ2n) is 6.60. The van der Waals surface area contributed by atoms with Gasteiger partial charge < -0.3 is 19.7 Å². The van der Waals surface area contributed by atoms with Gasteiger partial charge in [-0.15, -0.1) is 0 Å². The van der Waals surface area contributed by atoms with E-state index in [1.807, 2.05) is 32.0 Å². The second-order valence-corrected chi connectivity index (χ2v) is 6.60. The van der Waals surface area contributed by atoms with Crippen LogP contribution in [0.4, 0.5) is 10.5 Å². The average Bonchev–Trinajstić information content (AvgIpc) is 3.13. The highest BCUT2D eigenvalue weighted by Gasteiger charge is 2.21. The lowest BCUT2D eigenvalue weighted by Crippen LogP contribution is -2.37. The first kappa shape index (κ1) is 18.2. The van der Waals surface area contributed by atoms with Crippen LogP contribution in [0.5, 0.6) is 11.6 Å². The minimum atomic E-state index is -0.209. The molecule has 26 heavy (non-hydrogen) atoms. The number of nitrogens with one attached hydrogen (secondary N) is 1. The van der Waals surface area contributed by atoms with Crippen LogP contribution in [0.15, 0.2) is 36.5 Å². The van der Waals surface area contributed by atoms with E-state index < -0.39 is 0 Å². The molecular weight excluding hydrogens is 330 g/mol. The van der Waals surface area contributed by atoms with Crippen molar-refractivity contribution in [3.63, 3.8) is 0 Å². The van der Waals surface area contributed by atoms with Crippen molar-refractivity contribution in [1.82, 2.24) is 9.88 Å². The minimum Gasteiger partial charge on any atom is -0.437 e. The zero-order valence-corrected chi connectivity index (χ0v) is 15.5. The van der Waals surface area contributed by atoms with Gasteiger partial charge in [-0.2, -0.15) is 0 Å². The van der Waals surface area contributed by atoms with E-state index in [-0.39, 0.29) is 12.1 Å². The highest BCUT2D eigenvalue weighted by molar-refractivity contribution is 5.90. The fourth-order valence-electron chi connectivity index (χ4n) is 2.89. The van der Waals surface area contributed by atoms with Gasteiger partial charge >= 0.3 is 6.03 Å². The molecular formula is C20H25N3O3. The summed E-state index contributed by atoms with van der Waals surface area (Å²) in [4.78, 5) is 18.4. The summed E-state index contributed by atoms with van der Waals surface area (Å²) >= 11 is 0. The van der Waals surface area contributed by atoms with Gasteiger partial charge in [0.05, 0.1) is 6.10 Å². The number of hydrogen-bond acceptors (Lipinski definition) is 4. The molecule has 2 heterocycles. The molecule has 1 aliphatic heterocycles. The summed E-state index contributed by atoms with van der Waals surface area (Å²) in [6.45, 7) is 5.38. The van der Waals surface area contributed by atoms with E-state index >= 15 is 0 Å². The molecule has 0 saturated carbocycles. The number of aryl methyl sites for hydroxylation is 1. The van der Waals surface area contributed by atoms with Crippen LogP contribution >= 0.6 is 0 Å². The van der Waals surface area contributed by atoms with E-state index in [9.17, 15) is 4.79 Å². The number of nitrogens with zero attached hydrogens (tertiary/aromatic N) is 2. The monoisotopic (exact) mass is 355 g/mol. The summed E-state index contributed by atoms with van der Waals surface area (Å²) in [6.07, 6.45) is 3.80. The number of likely N-dealkylation sites (N-methyl/N-ethyl adjacent to an activating group) is 1. The molecule has 0 bridgehead atoms. The number of hydrogen-bond donors (Lipinski definition) is 1. The number of ether oxygens (including phenoxy) is 2. The molecule has 6 nitrogen and oxygen atoms in total. The molecule has 6 heteroatoms. The number of benzene rings is 1. The van der Waals surface area contributed by atoms with Gasteiger partial charge in [-0.25, -0.2) is 9.78 Å². The molecule has 1 N–H and O–H groups in total. The summed E-state index contributed by atoms with van der Waals surface area (Å²) in [6, 6.07) is 9.21. The minimum absolute atomic E-state index is 0.116. The highest BCUT2D eigenvalue weighted by atomic mass is 16.5. The lowest BCUT2D eigenvalue weighted by molar-refractivity contribution is 0.0894. The molecule has 1 fully saturated rings. The molecule has 3 rings (SSSR count). The largest absolute Gasteiger partial charge is 0.437 e. The van der Waals surface area contributed by atoms with E-state index in [1.165, 1.54) is 0 Å². The maximum Gasteiger partial charge on any atom is 0.321 e. The Morgan fingerprint density at radius 1 is 1.35 bits per heavy atom. The summed E-state index contributed by atoms with van der Waals surface area (Å²) in [5, 5.41) is 2.88. The fraction of sp³-hybridized carbons (Fsp3) is 0.400. The summed E-state index contributed by atoms with van der Waals surface area (Å²) in [7, 11) is 1.76. The third-order valence-corrected chi connectivity index (χ3v) is 4.62. The molecule has 2 amide bonds. The molecule has 1 atom stereocenters. The maximum atomic E-state index is 12.5. The molecule has 1 saturated heterocycles. The van der Waals surface area contributed by atoms with Crippen LogP contribution in [-0.4, -0.2) is 42.2 Å². The number of urea groups is 1. The summed E-state index contributed by atoms with van der Waals surface area (Å²) in [5.74, 6) is 1.10. The number of rotatable bonds is 5. The normalized spacial score (nSPS) is 16.3. The maximum absolute atomic E-state index is 12.5. The Labute approximate surface area is 154 Å². The molecule has 1 aromatic carbocycles. The van der Waals surface area contributed by atoms with Crippen LogP contribution in [0.3, 0.4) is 0 Å². The van der Waals surface area contributed by atoms with Crippen molar-refractivity contribution in [2.75, 3.05) is 25.5 Å². The Hall–Kier alpha value is -2.60. The number of carbonyl (C=O) groups excluding carboxylic acids is 1. The molecule has 0 spiro atoms. The van der Waals surface area contributed by atoms with Gasteiger partial charge in [0, 0.05) is 26.4 Å². The quantitative estimate of drug-likeness (QED) is 0.876. The van der Waals surface area contributed by atoms with E-state index in [0.29, 0.717) is 18.1 Å². The van der Waals surface area contributed by atoms with Crippen LogP contribution < -0.4 is 10.1 Å². The highest BCUT2D eigenvalue weighted by Crippen LogP contribution is 2.30. The standard InChI is InChI=1S/C20H25N3O3/c1-14-7-4-10-18(15(14)2)26-19-17(9-5-11-21-19)22-20(24)23(3)13-16-8-6-12-25-16/h4-5,7,9-11,16H,6,8,12-13H2,1-3H3,(H,22,24)/t16-/m0/s1. The van der Waals surface area contributed by atoms with Crippen LogP contribution in [0.1, 0.15) is 24.0 Å². The fourth-order valence-corrected chi connectivity index (χ4v) is 2.89. The van der Waals surface area contributed by atoms with Crippen molar-refractivity contribution in [1.29, 1.82) is 0 Å². The van der Waals surface area contributed by atoms with E-state index in [1.54, 1.807) is 30.3 Å². The summed E-state index contributed by atoms with van der Waals surface area (Å²) in [5.41, 5.74) is 2.73. The molecule has 138 valence electrons. The van der Waals surface area contributed by atoms with Crippen molar-refractivity contribution in [3.05, 3.63) is 47.7 Å². The molecule has 1 aromatic heterocycles. The van der Waals surface area contributed by atoms with Gasteiger partial charge in [0.2, 0.25) is 5.88 Å². The Balaban J connectivity index is 1.70. The van der Waals surface area contributed by atoms with E-state index in [2.05, 4.69) is 10.3 Å². The van der Waals surface area contributed by atoms with E-state index in [4.69, 9.17) is 9.47 Å². The van der Waals surface area contributed by atoms with Gasteiger partial charge in [0.15, 0.2) is 0 Å². The van der Waals surface area contributed by atoms with Crippen LogP contribution in [0.2, 0.25) is 0 Å². The zero-order valence-electron chi connectivity index (χ0n) is 15.5. The smallest absolute Gasteiger partial charge is 0.321 e. The van der Waals surface area contributed by atoms with Gasteiger partial charge in [-0.1, -0.05) is 12.1 Å². The Kier molecular flexibility index (Phi) is 5.73. The second kappa shape index (κ2) is 8.19. The predicted molar refractivity (Wildman–Crippen MR) is 101 cm³/mol. The first-order valence-electron chi connectivity index (χ1n) is 8.87. The van der Waals surface area contributed by atoms with Gasteiger partial charge in [-0.05, 0) is 56.0 Å². The van der Waals surface area contributed by atoms with Crippen molar-refractivity contribution >= 4 is 11.7 Å². The Morgan fingerprint density at radius 2 is 2.19 bits per heavy atom. The van der Waals surface area contributed by atoms with Crippen molar-refractivity contribution in [2.24, 2.45) is 0 Å². The van der Waals surface area contributed by atoms with Gasteiger partial charge in [0.1, 0.15) is 11.4 Å². The van der Waals surface area contributed by atoms with Gasteiger partial charge in [-0.3, -0.25) is 0 Å². The average molecular weight is 355 g/mol. The topological polar surface area (TPSA) is 63.7 Å². The summed E-state index contributed by atoms with van der Waals surface area (Å²) < 4.78 is 11.6. The number of anilines is 1. The first-order valence-corrected chi connectivity index (χ1v) is 8.87. The number of amides is 2. The van der Waals surface area contributed by atoms with Crippen LogP contribution in [0, 0.1) is 13.8 Å². The van der Waals surface area contributed by atoms with E-state index in [0.717, 1.165) is 36.3 Å². The predicted octanol–water partition coefficient (Wildman–Crippen LogP) is 4.13. The number of pyridine rings is 1. The van der Waals surface area contributed by atoms with Gasteiger partial charge in [0.25, 0.3) is 0 Å². The zero-order chi connectivity index (χ0) is 18.5. The van der Waals surface area contributed by atoms with Crippen molar-refractivity contribution < 1.29 is 14.3 Å². The SMILES string of the molecule is Cc1cccc(Oc2ncccc2NC(=O)N(C)C[C@@H]2CCCO2)c1C. The lowest BCUT2D eigenvalue weighted by atomic mass is 10.1. The Morgan fingerprint density at radius 3 is 2.96 bits per heavy atom. The molecule has 0 unspecified atom stereocenters. The lowest BCUT2D eigenvalue weighted by Gasteiger charge is -2.22. The van der Waals surface area contributed by atoms with Crippen LogP contribution in [-0.2, 0) is 4.74 Å². The molecule has 2 aromatic rings. The number of carbonyl (C=O) groups is 1. The third-order valence-electron chi connectivity index (χ3n) is 4.62. The molecule has 0 aliphatic carbocycles. The van der Waals surface area contributed by atoms with Crippen LogP contribution in [0.25, 0.3) is 0 Å². The molecule has 1 aliphatic rings. The van der Waals surface area contributed by atoms with Crippen molar-refractivity contribution in [2.45, 2.75) is 32.8 Å². The first-order chi connectivity index (χ1) is 12.5. The Bertz CT molecular complexity index is 773. The van der Waals surface area contributed by atoms with Crippen molar-refractivity contribution in [3.8, 4) is 11.6 Å². The number of aromatic nitrogens is 1. The third kappa shape index (κ3) is 4.32.